The van der Waals surface area contributed by atoms with Crippen LogP contribution in [0.5, 0.6) is 0 Å². The van der Waals surface area contributed by atoms with Gasteiger partial charge in [-0.15, -0.1) is 0 Å². The van der Waals surface area contributed by atoms with Gasteiger partial charge in [0, 0.05) is 40.7 Å². The number of hydrogen-bond acceptors (Lipinski definition) is 3. The van der Waals surface area contributed by atoms with E-state index in [0.29, 0.717) is 0 Å². The van der Waals surface area contributed by atoms with Crippen molar-refractivity contribution in [2.45, 2.75) is 69.8 Å². The van der Waals surface area contributed by atoms with Gasteiger partial charge in [0.15, 0.2) is 5.60 Å². The largest absolute Gasteiger partial charge is 0.472 e. The van der Waals surface area contributed by atoms with Gasteiger partial charge in [-0.1, -0.05) is 143 Å². The highest BCUT2D eigenvalue weighted by Gasteiger charge is 2.38. The molecular formula is C45H49NO2. The van der Waals surface area contributed by atoms with E-state index in [-0.39, 0.29) is 5.41 Å². The van der Waals surface area contributed by atoms with Crippen molar-refractivity contribution >= 4 is 17.0 Å². The first-order chi connectivity index (χ1) is 23.5. The zero-order chi connectivity index (χ0) is 33.0. The van der Waals surface area contributed by atoms with Gasteiger partial charge in [0.1, 0.15) is 5.76 Å². The molecule has 2 fully saturated rings. The maximum Gasteiger partial charge on any atom is 0.178 e. The molecule has 0 spiro atoms. The smallest absolute Gasteiger partial charge is 0.178 e. The molecule has 0 aromatic heterocycles. The highest BCUT2D eigenvalue weighted by Crippen LogP contribution is 2.43. The van der Waals surface area contributed by atoms with Crippen LogP contribution in [0.2, 0.25) is 0 Å². The Balaban J connectivity index is 1.38. The lowest BCUT2D eigenvalue weighted by molar-refractivity contribution is 0.121. The van der Waals surface area contributed by atoms with Crippen LogP contribution in [0.25, 0.3) is 11.3 Å². The first-order valence-corrected chi connectivity index (χ1v) is 17.9. The van der Waals surface area contributed by atoms with Crippen molar-refractivity contribution < 1.29 is 9.47 Å². The fraction of sp³-hybridized carbons (Fsp3) is 0.333. The molecule has 1 aliphatic carbocycles. The summed E-state index contributed by atoms with van der Waals surface area (Å²) in [7, 11) is 0. The summed E-state index contributed by atoms with van der Waals surface area (Å²) in [4.78, 5) is 2.39. The third kappa shape index (κ3) is 6.29. The van der Waals surface area contributed by atoms with Crippen LogP contribution in [0.3, 0.4) is 0 Å². The van der Waals surface area contributed by atoms with E-state index in [9.17, 15) is 0 Å². The van der Waals surface area contributed by atoms with Crippen LogP contribution >= 0.6 is 0 Å². The molecule has 0 N–H and O–H groups in total. The topological polar surface area (TPSA) is 21.7 Å². The van der Waals surface area contributed by atoms with Gasteiger partial charge in [0.25, 0.3) is 0 Å². The van der Waals surface area contributed by atoms with E-state index in [1.54, 1.807) is 0 Å². The van der Waals surface area contributed by atoms with Crippen molar-refractivity contribution in [3.63, 3.8) is 0 Å². The molecule has 4 aromatic carbocycles. The summed E-state index contributed by atoms with van der Waals surface area (Å²) in [6.07, 6.45) is 13.5. The summed E-state index contributed by atoms with van der Waals surface area (Å²) in [5, 5.41) is 2.27. The molecule has 1 saturated heterocycles. The van der Waals surface area contributed by atoms with Gasteiger partial charge < -0.3 is 14.4 Å². The van der Waals surface area contributed by atoms with Gasteiger partial charge in [-0.3, -0.25) is 0 Å². The predicted octanol–water partition coefficient (Wildman–Crippen LogP) is 8.94. The van der Waals surface area contributed by atoms with Crippen molar-refractivity contribution in [1.29, 1.82) is 0 Å². The van der Waals surface area contributed by atoms with E-state index in [1.165, 1.54) is 72.6 Å². The third-order valence-corrected chi connectivity index (χ3v) is 11.0. The Labute approximate surface area is 286 Å². The highest BCUT2D eigenvalue weighted by molar-refractivity contribution is 5.72. The molecule has 2 heterocycles. The molecule has 3 nitrogen and oxygen atoms in total. The number of anilines is 1. The van der Waals surface area contributed by atoms with Crippen LogP contribution in [-0.2, 0) is 20.5 Å². The molecule has 1 unspecified atom stereocenters. The van der Waals surface area contributed by atoms with E-state index in [4.69, 9.17) is 9.47 Å². The van der Waals surface area contributed by atoms with Gasteiger partial charge in [0.05, 0.1) is 13.2 Å². The number of morpholine rings is 1. The first-order valence-electron chi connectivity index (χ1n) is 17.9. The molecule has 0 bridgehead atoms. The molecule has 0 radical (unpaired) electrons. The fourth-order valence-electron chi connectivity index (χ4n) is 8.13. The Hall–Kier alpha value is -4.34. The number of benzene rings is 4. The summed E-state index contributed by atoms with van der Waals surface area (Å²) in [5.74, 6) is 0.822. The minimum Gasteiger partial charge on any atom is -0.472 e. The highest BCUT2D eigenvalue weighted by atomic mass is 16.5. The van der Waals surface area contributed by atoms with Crippen LogP contribution in [0, 0.1) is 0 Å². The second kappa shape index (κ2) is 14.0. The Morgan fingerprint density at radius 3 is 2.08 bits per heavy atom. The number of ether oxygens (including phenoxy) is 2. The zero-order valence-electron chi connectivity index (χ0n) is 28.7. The Kier molecular flexibility index (Phi) is 9.41. The molecular weight excluding hydrogens is 587 g/mol. The molecule has 0 amide bonds. The standard InChI is InChI=1S/C45H49NO2/c1-34-26-29-45(36-16-8-7-9-17-36,37-22-24-38(25-23-37)46-30-32-47-33-31-46)48-43(34)41-20-11-10-18-39(41)35(2)40-19-12-13-21-42(40)44(3)27-14-5-4-6-15-28-44/h7-13,16-26,29H,1,4-6,14-15,27-28,30-33H2,2-3H3/b39-35+,43-41+. The molecule has 4 aromatic rings. The minimum atomic E-state index is -0.799. The maximum atomic E-state index is 7.34. The van der Waals surface area contributed by atoms with E-state index < -0.39 is 5.60 Å². The van der Waals surface area contributed by atoms with Crippen LogP contribution in [0.1, 0.15) is 81.0 Å². The fourth-order valence-corrected chi connectivity index (χ4v) is 8.13. The second-order valence-electron chi connectivity index (χ2n) is 14.1. The lowest BCUT2D eigenvalue weighted by atomic mass is 9.70. The van der Waals surface area contributed by atoms with E-state index in [2.05, 4.69) is 141 Å². The molecule has 3 aliphatic rings. The van der Waals surface area contributed by atoms with Gasteiger partial charge in [-0.05, 0) is 65.3 Å². The van der Waals surface area contributed by atoms with E-state index in [0.717, 1.165) is 54.0 Å². The number of hydrogen-bond donors (Lipinski definition) is 0. The van der Waals surface area contributed by atoms with Crippen LogP contribution in [-0.4, -0.2) is 26.3 Å². The molecule has 1 atom stereocenters. The van der Waals surface area contributed by atoms with Crippen molar-refractivity contribution in [2.24, 2.45) is 0 Å². The average Bonchev–Trinajstić information content (AvgIpc) is 3.14. The molecule has 1 saturated carbocycles. The summed E-state index contributed by atoms with van der Waals surface area (Å²) >= 11 is 0. The van der Waals surface area contributed by atoms with Crippen molar-refractivity contribution in [2.75, 3.05) is 31.2 Å². The van der Waals surface area contributed by atoms with Crippen LogP contribution in [0.4, 0.5) is 5.69 Å². The molecule has 246 valence electrons. The quantitative estimate of drug-likeness (QED) is 0.219. The van der Waals surface area contributed by atoms with Crippen molar-refractivity contribution in [1.82, 2.24) is 0 Å². The lowest BCUT2D eigenvalue weighted by Crippen LogP contribution is -2.37. The molecule has 2 aliphatic heterocycles. The SMILES string of the molecule is C=C1C=CC(c2ccccc2)(c2ccc(N3CCOCC3)cc2)O/C1=c1\cccc\c1=C(\C)c1ccccc1C1(C)CCCCCCC1. The lowest BCUT2D eigenvalue weighted by Gasteiger charge is -2.37. The monoisotopic (exact) mass is 635 g/mol. The number of nitrogens with zero attached hydrogens (tertiary/aromatic N) is 1. The third-order valence-electron chi connectivity index (χ3n) is 11.0. The van der Waals surface area contributed by atoms with Gasteiger partial charge >= 0.3 is 0 Å². The Morgan fingerprint density at radius 2 is 1.33 bits per heavy atom. The predicted molar refractivity (Wildman–Crippen MR) is 199 cm³/mol. The molecule has 3 heteroatoms. The molecule has 48 heavy (non-hydrogen) atoms. The van der Waals surface area contributed by atoms with Gasteiger partial charge in [-0.25, -0.2) is 0 Å². The summed E-state index contributed by atoms with van der Waals surface area (Å²) < 4.78 is 12.9. The van der Waals surface area contributed by atoms with Crippen LogP contribution in [0.15, 0.2) is 127 Å². The van der Waals surface area contributed by atoms with Gasteiger partial charge in [-0.2, -0.15) is 0 Å². The summed E-state index contributed by atoms with van der Waals surface area (Å²) in [5.41, 5.74) is 7.75. The van der Waals surface area contributed by atoms with Crippen molar-refractivity contribution in [3.8, 4) is 0 Å². The Bertz CT molecular complexity index is 1890. The normalized spacial score (nSPS) is 23.1. The zero-order valence-corrected chi connectivity index (χ0v) is 28.7. The maximum absolute atomic E-state index is 7.34. The van der Waals surface area contributed by atoms with Gasteiger partial charge in [0.2, 0.25) is 0 Å². The van der Waals surface area contributed by atoms with Crippen molar-refractivity contribution in [3.05, 3.63) is 160 Å². The first kappa shape index (κ1) is 32.2. The van der Waals surface area contributed by atoms with Crippen LogP contribution < -0.4 is 15.3 Å². The second-order valence-corrected chi connectivity index (χ2v) is 14.1. The minimum absolute atomic E-state index is 0.171. The Morgan fingerprint density at radius 1 is 0.708 bits per heavy atom. The summed E-state index contributed by atoms with van der Waals surface area (Å²) in [6, 6.07) is 37.4. The molecule has 7 rings (SSSR count). The van der Waals surface area contributed by atoms with E-state index in [1.807, 2.05) is 0 Å². The van der Waals surface area contributed by atoms with E-state index >= 15 is 0 Å². The number of rotatable bonds is 5. The summed E-state index contributed by atoms with van der Waals surface area (Å²) in [6.45, 7) is 12.7. The average molecular weight is 636 g/mol.